The van der Waals surface area contributed by atoms with E-state index in [1.165, 1.54) is 0 Å². The number of hydrogen-bond acceptors (Lipinski definition) is 4. The van der Waals surface area contributed by atoms with Crippen LogP contribution in [0.2, 0.25) is 0 Å². The summed E-state index contributed by atoms with van der Waals surface area (Å²) in [4.78, 5) is 15.7. The molecule has 1 N–H and O–H groups in total. The fourth-order valence-corrected chi connectivity index (χ4v) is 1.56. The summed E-state index contributed by atoms with van der Waals surface area (Å²) in [5.74, 6) is -0.124. The van der Waals surface area contributed by atoms with Crippen LogP contribution in [0, 0.1) is 0 Å². The largest absolute Gasteiger partial charge is 0.472 e. The Bertz CT molecular complexity index is 506. The Morgan fingerprint density at radius 2 is 2.32 bits per heavy atom. The number of amides is 1. The second kappa shape index (κ2) is 6.70. The van der Waals surface area contributed by atoms with E-state index in [2.05, 4.69) is 10.3 Å². The summed E-state index contributed by atoms with van der Waals surface area (Å²) in [6.07, 6.45) is 4.99. The third-order valence-corrected chi connectivity index (χ3v) is 2.57. The first kappa shape index (κ1) is 13.3. The van der Waals surface area contributed by atoms with Crippen LogP contribution in [0.1, 0.15) is 12.5 Å². The molecule has 1 amide bonds. The van der Waals surface area contributed by atoms with Gasteiger partial charge in [0.15, 0.2) is 0 Å². The van der Waals surface area contributed by atoms with E-state index in [4.69, 9.17) is 9.15 Å². The van der Waals surface area contributed by atoms with Crippen LogP contribution in [0.4, 0.5) is 0 Å². The highest BCUT2D eigenvalue weighted by atomic mass is 16.5. The van der Waals surface area contributed by atoms with Crippen LogP contribution in [0.15, 0.2) is 41.3 Å². The van der Waals surface area contributed by atoms with E-state index in [0.717, 1.165) is 16.8 Å². The molecule has 0 bridgehead atoms. The molecule has 2 rings (SSSR count). The Labute approximate surface area is 111 Å². The molecule has 0 fully saturated rings. The highest BCUT2D eigenvalue weighted by Crippen LogP contribution is 2.16. The first-order valence-corrected chi connectivity index (χ1v) is 6.11. The van der Waals surface area contributed by atoms with Gasteiger partial charge in [0.1, 0.15) is 6.61 Å². The molecule has 2 aromatic rings. The zero-order chi connectivity index (χ0) is 13.5. The van der Waals surface area contributed by atoms with Gasteiger partial charge in [-0.1, -0.05) is 6.07 Å². The molecule has 100 valence electrons. The summed E-state index contributed by atoms with van der Waals surface area (Å²) in [6.45, 7) is 2.93. The van der Waals surface area contributed by atoms with Crippen molar-refractivity contribution in [2.24, 2.45) is 0 Å². The summed E-state index contributed by atoms with van der Waals surface area (Å²) in [5, 5.41) is 2.77. The molecule has 5 nitrogen and oxygen atoms in total. The number of nitrogens with zero attached hydrogens (tertiary/aromatic N) is 1. The molecule has 5 heteroatoms. The Hall–Kier alpha value is -2.14. The zero-order valence-corrected chi connectivity index (χ0v) is 10.8. The van der Waals surface area contributed by atoms with Gasteiger partial charge in [-0.05, 0) is 24.6 Å². The van der Waals surface area contributed by atoms with Crippen LogP contribution in [-0.2, 0) is 16.1 Å². The topological polar surface area (TPSA) is 64.4 Å². The van der Waals surface area contributed by atoms with Crippen LogP contribution in [0.3, 0.4) is 0 Å². The average Bonchev–Trinajstić information content (AvgIpc) is 2.97. The quantitative estimate of drug-likeness (QED) is 0.862. The number of furan rings is 1. The summed E-state index contributed by atoms with van der Waals surface area (Å²) in [7, 11) is 0. The van der Waals surface area contributed by atoms with Crippen molar-refractivity contribution >= 4 is 5.91 Å². The van der Waals surface area contributed by atoms with Gasteiger partial charge in [-0.25, -0.2) is 0 Å². The fourth-order valence-electron chi connectivity index (χ4n) is 1.56. The number of ether oxygens (including phenoxy) is 1. The summed E-state index contributed by atoms with van der Waals surface area (Å²) >= 11 is 0. The Balaban J connectivity index is 1.87. The zero-order valence-electron chi connectivity index (χ0n) is 10.8. The third kappa shape index (κ3) is 3.93. The van der Waals surface area contributed by atoms with Gasteiger partial charge >= 0.3 is 0 Å². The number of nitrogens with one attached hydrogen (secondary N) is 1. The number of carbonyl (C=O) groups is 1. The molecule has 0 aliphatic heterocycles. The van der Waals surface area contributed by atoms with E-state index >= 15 is 0 Å². The van der Waals surface area contributed by atoms with Crippen molar-refractivity contribution in [2.75, 3.05) is 13.2 Å². The van der Waals surface area contributed by atoms with Crippen LogP contribution in [-0.4, -0.2) is 24.1 Å². The number of hydrogen-bond donors (Lipinski definition) is 1. The van der Waals surface area contributed by atoms with Crippen molar-refractivity contribution < 1.29 is 13.9 Å². The number of aromatic nitrogens is 1. The maximum atomic E-state index is 11.4. The maximum Gasteiger partial charge on any atom is 0.246 e. The van der Waals surface area contributed by atoms with E-state index in [9.17, 15) is 4.79 Å². The second-order valence-electron chi connectivity index (χ2n) is 3.98. The molecule has 0 radical (unpaired) electrons. The summed E-state index contributed by atoms with van der Waals surface area (Å²) in [6, 6.07) is 5.68. The number of pyridine rings is 1. The molecular weight excluding hydrogens is 244 g/mol. The molecule has 2 aromatic heterocycles. The van der Waals surface area contributed by atoms with E-state index in [-0.39, 0.29) is 12.5 Å². The minimum Gasteiger partial charge on any atom is -0.472 e. The summed E-state index contributed by atoms with van der Waals surface area (Å²) in [5.41, 5.74) is 2.72. The predicted octanol–water partition coefficient (Wildman–Crippen LogP) is 1.99. The molecule has 0 unspecified atom stereocenters. The molecule has 0 aliphatic rings. The normalized spacial score (nSPS) is 10.4. The minimum absolute atomic E-state index is 0.0943. The van der Waals surface area contributed by atoms with Crippen LogP contribution in [0.25, 0.3) is 11.3 Å². The lowest BCUT2D eigenvalue weighted by atomic mass is 10.2. The smallest absolute Gasteiger partial charge is 0.246 e. The van der Waals surface area contributed by atoms with Gasteiger partial charge in [0.2, 0.25) is 5.91 Å². The minimum atomic E-state index is -0.124. The highest BCUT2D eigenvalue weighted by Gasteiger charge is 2.03. The van der Waals surface area contributed by atoms with E-state index in [0.29, 0.717) is 13.2 Å². The Morgan fingerprint density at radius 3 is 2.95 bits per heavy atom. The van der Waals surface area contributed by atoms with Gasteiger partial charge < -0.3 is 14.5 Å². The number of carbonyl (C=O) groups excluding carboxylic acids is 1. The van der Waals surface area contributed by atoms with Crippen LogP contribution < -0.4 is 5.32 Å². The van der Waals surface area contributed by atoms with Crippen molar-refractivity contribution in [3.05, 3.63) is 42.5 Å². The van der Waals surface area contributed by atoms with Gasteiger partial charge in [-0.2, -0.15) is 0 Å². The molecule has 0 atom stereocenters. The molecule has 0 aromatic carbocycles. The number of rotatable bonds is 6. The lowest BCUT2D eigenvalue weighted by Crippen LogP contribution is -2.27. The summed E-state index contributed by atoms with van der Waals surface area (Å²) < 4.78 is 10.0. The predicted molar refractivity (Wildman–Crippen MR) is 70.3 cm³/mol. The standard InChI is InChI=1S/C14H16N2O3/c1-2-18-10-14(17)16-8-11-3-4-13(15-7-11)12-5-6-19-9-12/h3-7,9H,2,8,10H2,1H3,(H,16,17). The first-order chi connectivity index (χ1) is 9.29. The van der Waals surface area contributed by atoms with Gasteiger partial charge in [-0.3, -0.25) is 9.78 Å². The third-order valence-electron chi connectivity index (χ3n) is 2.57. The monoisotopic (exact) mass is 260 g/mol. The Kier molecular flexibility index (Phi) is 4.69. The van der Waals surface area contributed by atoms with E-state index in [1.807, 2.05) is 25.1 Å². The van der Waals surface area contributed by atoms with Gasteiger partial charge in [0, 0.05) is 24.9 Å². The highest BCUT2D eigenvalue weighted by molar-refractivity contribution is 5.77. The molecule has 0 saturated carbocycles. The lowest BCUT2D eigenvalue weighted by Gasteiger charge is -2.05. The van der Waals surface area contributed by atoms with Crippen LogP contribution >= 0.6 is 0 Å². The van der Waals surface area contributed by atoms with Gasteiger partial charge in [-0.15, -0.1) is 0 Å². The molecule has 2 heterocycles. The van der Waals surface area contributed by atoms with Gasteiger partial charge in [0.05, 0.1) is 18.2 Å². The van der Waals surface area contributed by atoms with Crippen molar-refractivity contribution in [2.45, 2.75) is 13.5 Å². The molecule has 0 aliphatic carbocycles. The van der Waals surface area contributed by atoms with E-state index in [1.54, 1.807) is 18.7 Å². The second-order valence-corrected chi connectivity index (χ2v) is 3.98. The van der Waals surface area contributed by atoms with Gasteiger partial charge in [0.25, 0.3) is 0 Å². The Morgan fingerprint density at radius 1 is 1.42 bits per heavy atom. The first-order valence-electron chi connectivity index (χ1n) is 6.11. The van der Waals surface area contributed by atoms with Crippen molar-refractivity contribution in [3.63, 3.8) is 0 Å². The molecular formula is C14H16N2O3. The van der Waals surface area contributed by atoms with Crippen LogP contribution in [0.5, 0.6) is 0 Å². The lowest BCUT2D eigenvalue weighted by molar-refractivity contribution is -0.125. The SMILES string of the molecule is CCOCC(=O)NCc1ccc(-c2ccoc2)nc1. The maximum absolute atomic E-state index is 11.4. The van der Waals surface area contributed by atoms with E-state index < -0.39 is 0 Å². The van der Waals surface area contributed by atoms with Crippen molar-refractivity contribution in [1.29, 1.82) is 0 Å². The molecule has 0 spiro atoms. The molecule has 0 saturated heterocycles. The van der Waals surface area contributed by atoms with Crippen molar-refractivity contribution in [1.82, 2.24) is 10.3 Å². The average molecular weight is 260 g/mol. The molecule has 19 heavy (non-hydrogen) atoms. The fraction of sp³-hybridized carbons (Fsp3) is 0.286. The van der Waals surface area contributed by atoms with Crippen molar-refractivity contribution in [3.8, 4) is 11.3 Å².